The lowest BCUT2D eigenvalue weighted by Gasteiger charge is -2.29. The minimum absolute atomic E-state index is 0.105. The zero-order valence-corrected chi connectivity index (χ0v) is 20.4. The molecule has 3 heterocycles. The molecule has 188 valence electrons. The Bertz CT molecular complexity index is 1470. The van der Waals surface area contributed by atoms with Crippen LogP contribution in [0.25, 0.3) is 10.9 Å². The van der Waals surface area contributed by atoms with Crippen LogP contribution in [0, 0.1) is 0 Å². The summed E-state index contributed by atoms with van der Waals surface area (Å²) in [4.78, 5) is 45.6. The number of benzene rings is 2. The number of fused-ring (bicyclic) bond motifs is 2. The molecule has 1 N–H and O–H groups in total. The van der Waals surface area contributed by atoms with E-state index < -0.39 is 11.5 Å². The van der Waals surface area contributed by atoms with Crippen molar-refractivity contribution in [3.63, 3.8) is 0 Å². The second kappa shape index (κ2) is 8.92. The number of aromatic nitrogens is 2. The van der Waals surface area contributed by atoms with E-state index in [0.717, 1.165) is 23.7 Å². The van der Waals surface area contributed by atoms with Crippen LogP contribution in [-0.4, -0.2) is 63.5 Å². The maximum absolute atomic E-state index is 13.5. The number of H-pyrrole nitrogens is 1. The van der Waals surface area contributed by atoms with Gasteiger partial charge in [-0.25, -0.2) is 4.79 Å². The summed E-state index contributed by atoms with van der Waals surface area (Å²) < 4.78 is 11.0. The number of hydrogen-bond acceptors (Lipinski definition) is 6. The van der Waals surface area contributed by atoms with Gasteiger partial charge in [-0.15, -0.1) is 0 Å². The minimum Gasteiger partial charge on any atom is -0.460 e. The number of rotatable bonds is 6. The fourth-order valence-electron chi connectivity index (χ4n) is 4.86. The summed E-state index contributed by atoms with van der Waals surface area (Å²) in [7, 11) is 1.70. The van der Waals surface area contributed by atoms with Crippen molar-refractivity contribution >= 4 is 28.7 Å². The molecule has 1 aliphatic carbocycles. The van der Waals surface area contributed by atoms with Crippen molar-refractivity contribution < 1.29 is 23.6 Å². The lowest BCUT2D eigenvalue weighted by Crippen LogP contribution is -2.43. The van der Waals surface area contributed by atoms with Crippen molar-refractivity contribution in [2.24, 2.45) is 0 Å². The van der Waals surface area contributed by atoms with Gasteiger partial charge in [-0.05, 0) is 37.1 Å². The number of ether oxygens (including phenoxy) is 1. The van der Waals surface area contributed by atoms with E-state index >= 15 is 0 Å². The van der Waals surface area contributed by atoms with Crippen LogP contribution in [0.5, 0.6) is 0 Å². The first-order chi connectivity index (χ1) is 17.9. The lowest BCUT2D eigenvalue weighted by molar-refractivity contribution is 0.0307. The fourth-order valence-corrected chi connectivity index (χ4v) is 4.86. The van der Waals surface area contributed by atoms with Crippen LogP contribution in [0.2, 0.25) is 0 Å². The summed E-state index contributed by atoms with van der Waals surface area (Å²) in [5.41, 5.74) is 2.13. The molecular weight excluding hydrogens is 472 g/mol. The van der Waals surface area contributed by atoms with Crippen molar-refractivity contribution in [2.45, 2.75) is 31.3 Å². The summed E-state index contributed by atoms with van der Waals surface area (Å²) in [5, 5.41) is 5.05. The van der Waals surface area contributed by atoms with E-state index in [1.54, 1.807) is 41.1 Å². The zero-order valence-electron chi connectivity index (χ0n) is 20.4. The Morgan fingerprint density at radius 1 is 1.11 bits per heavy atom. The smallest absolute Gasteiger partial charge is 0.338 e. The molecule has 0 spiro atoms. The van der Waals surface area contributed by atoms with Crippen molar-refractivity contribution in [3.8, 4) is 0 Å². The molecule has 2 aliphatic rings. The Kier molecular flexibility index (Phi) is 5.55. The zero-order chi connectivity index (χ0) is 25.6. The molecule has 6 rings (SSSR count). The summed E-state index contributed by atoms with van der Waals surface area (Å²) in [6.45, 7) is 0.811. The van der Waals surface area contributed by atoms with Crippen molar-refractivity contribution in [1.82, 2.24) is 19.9 Å². The van der Waals surface area contributed by atoms with Crippen LogP contribution in [0.4, 0.5) is 0 Å². The normalized spacial score (nSPS) is 15.8. The van der Waals surface area contributed by atoms with Gasteiger partial charge >= 0.3 is 5.97 Å². The van der Waals surface area contributed by atoms with Gasteiger partial charge in [0.2, 0.25) is 0 Å². The molecule has 2 aromatic heterocycles. The number of likely N-dealkylation sites (N-methyl/N-ethyl adjacent to an activating group) is 1. The van der Waals surface area contributed by atoms with Crippen LogP contribution in [-0.2, 0) is 17.7 Å². The Morgan fingerprint density at radius 3 is 2.62 bits per heavy atom. The predicted molar refractivity (Wildman–Crippen MR) is 134 cm³/mol. The Morgan fingerprint density at radius 2 is 1.86 bits per heavy atom. The third-order valence-corrected chi connectivity index (χ3v) is 7.40. The van der Waals surface area contributed by atoms with Crippen LogP contribution in [0.1, 0.15) is 55.5 Å². The van der Waals surface area contributed by atoms with E-state index in [9.17, 15) is 14.4 Å². The van der Waals surface area contributed by atoms with Gasteiger partial charge in [0.1, 0.15) is 18.1 Å². The molecule has 0 atom stereocenters. The standard InChI is InChI=1S/C28H26N4O5/c1-31(28(12-13-28)17-36-27(35)18-7-3-2-4-8-18)26(34)24-20-16-32(14-11-23(20)37-30-24)25(33)22-15-19-9-5-6-10-21(19)29-22/h2-10,15,29H,11-14,16-17H2,1H3. The van der Waals surface area contributed by atoms with Crippen LogP contribution in [0.3, 0.4) is 0 Å². The average molecular weight is 499 g/mol. The molecule has 9 heteroatoms. The highest BCUT2D eigenvalue weighted by Gasteiger charge is 2.51. The molecule has 4 aromatic rings. The molecule has 0 bridgehead atoms. The largest absolute Gasteiger partial charge is 0.460 e. The van der Waals surface area contributed by atoms with E-state index in [1.165, 1.54) is 0 Å². The number of aromatic amines is 1. The van der Waals surface area contributed by atoms with Crippen molar-refractivity contribution in [3.05, 3.63) is 88.9 Å². The molecule has 0 radical (unpaired) electrons. The van der Waals surface area contributed by atoms with Crippen LogP contribution >= 0.6 is 0 Å². The second-order valence-electron chi connectivity index (χ2n) is 9.71. The van der Waals surface area contributed by atoms with E-state index in [2.05, 4.69) is 10.1 Å². The molecule has 1 fully saturated rings. The van der Waals surface area contributed by atoms with Crippen molar-refractivity contribution in [1.29, 1.82) is 0 Å². The Hall–Kier alpha value is -4.40. The number of carbonyl (C=O) groups is 3. The Balaban J connectivity index is 1.16. The van der Waals surface area contributed by atoms with Gasteiger partial charge < -0.3 is 24.0 Å². The highest BCUT2D eigenvalue weighted by atomic mass is 16.5. The number of para-hydroxylation sites is 1. The van der Waals surface area contributed by atoms with E-state index in [4.69, 9.17) is 9.26 Å². The number of amides is 2. The molecule has 2 amide bonds. The monoisotopic (exact) mass is 498 g/mol. The summed E-state index contributed by atoms with van der Waals surface area (Å²) in [6.07, 6.45) is 1.93. The topological polar surface area (TPSA) is 109 Å². The molecule has 1 saturated carbocycles. The summed E-state index contributed by atoms with van der Waals surface area (Å²) in [5.74, 6) is -0.241. The molecule has 37 heavy (non-hydrogen) atoms. The first-order valence-electron chi connectivity index (χ1n) is 12.3. The van der Waals surface area contributed by atoms with Gasteiger partial charge in [-0.3, -0.25) is 9.59 Å². The number of hydrogen-bond donors (Lipinski definition) is 1. The average Bonchev–Trinajstić information content (AvgIpc) is 3.41. The van der Waals surface area contributed by atoms with Gasteiger partial charge in [0, 0.05) is 36.5 Å². The maximum Gasteiger partial charge on any atom is 0.338 e. The summed E-state index contributed by atoms with van der Waals surface area (Å²) >= 11 is 0. The molecular formula is C28H26N4O5. The van der Waals surface area contributed by atoms with Gasteiger partial charge in [-0.1, -0.05) is 41.6 Å². The predicted octanol–water partition coefficient (Wildman–Crippen LogP) is 3.82. The SMILES string of the molecule is CN(C(=O)c1noc2c1CN(C(=O)c1cc3ccccc3[nH]1)CC2)C1(COC(=O)c2ccccc2)CC1. The van der Waals surface area contributed by atoms with Gasteiger partial charge in [0.25, 0.3) is 11.8 Å². The van der Waals surface area contributed by atoms with E-state index in [-0.39, 0.29) is 30.7 Å². The second-order valence-corrected chi connectivity index (χ2v) is 9.71. The molecule has 9 nitrogen and oxygen atoms in total. The maximum atomic E-state index is 13.5. The first-order valence-corrected chi connectivity index (χ1v) is 12.3. The van der Waals surface area contributed by atoms with Crippen molar-refractivity contribution in [2.75, 3.05) is 20.2 Å². The van der Waals surface area contributed by atoms with Gasteiger partial charge in [-0.2, -0.15) is 0 Å². The summed E-state index contributed by atoms with van der Waals surface area (Å²) in [6, 6.07) is 18.3. The number of nitrogens with one attached hydrogen (secondary N) is 1. The molecule has 0 unspecified atom stereocenters. The fraction of sp³-hybridized carbons (Fsp3) is 0.286. The van der Waals surface area contributed by atoms with Crippen LogP contribution < -0.4 is 0 Å². The third-order valence-electron chi connectivity index (χ3n) is 7.40. The Labute approximate surface area is 213 Å². The number of carbonyl (C=O) groups excluding carboxylic acids is 3. The highest BCUT2D eigenvalue weighted by molar-refractivity contribution is 5.99. The first kappa shape index (κ1) is 23.0. The minimum atomic E-state index is -0.568. The third kappa shape index (κ3) is 4.16. The van der Waals surface area contributed by atoms with Gasteiger partial charge in [0.15, 0.2) is 5.69 Å². The van der Waals surface area contributed by atoms with Crippen LogP contribution in [0.15, 0.2) is 65.2 Å². The molecule has 0 saturated heterocycles. The molecule has 1 aliphatic heterocycles. The van der Waals surface area contributed by atoms with Gasteiger partial charge in [0.05, 0.1) is 17.6 Å². The number of nitrogens with zero attached hydrogens (tertiary/aromatic N) is 3. The lowest BCUT2D eigenvalue weighted by atomic mass is 10.0. The molecule has 2 aromatic carbocycles. The quantitative estimate of drug-likeness (QED) is 0.405. The van der Waals surface area contributed by atoms with E-state index in [1.807, 2.05) is 36.4 Å². The van der Waals surface area contributed by atoms with E-state index in [0.29, 0.717) is 35.5 Å². The number of esters is 1. The highest BCUT2D eigenvalue weighted by Crippen LogP contribution is 2.42.